The molecule has 2 aliphatic rings. The van der Waals surface area contributed by atoms with Gasteiger partial charge in [0.05, 0.1) is 0 Å². The lowest BCUT2D eigenvalue weighted by Gasteiger charge is -2.17. The zero-order chi connectivity index (χ0) is 6.27. The van der Waals surface area contributed by atoms with Crippen molar-refractivity contribution in [2.24, 2.45) is 11.8 Å². The average molecular weight is 125 g/mol. The van der Waals surface area contributed by atoms with Crippen LogP contribution >= 0.6 is 0 Å². The van der Waals surface area contributed by atoms with Crippen molar-refractivity contribution in [1.29, 1.82) is 0 Å². The van der Waals surface area contributed by atoms with Crippen LogP contribution in [0.2, 0.25) is 0 Å². The molecule has 9 heavy (non-hydrogen) atoms. The Balaban J connectivity index is 2.02. The summed E-state index contributed by atoms with van der Waals surface area (Å²) in [7, 11) is 3.93. The SMILES string of the molecule is [CH2-]N1C[C@H]2CNC[C@H]2C1. The largest absolute Gasteiger partial charge is 0.459 e. The normalized spacial score (nSPS) is 43.7. The zero-order valence-electron chi connectivity index (χ0n) is 5.64. The van der Waals surface area contributed by atoms with Gasteiger partial charge in [0.15, 0.2) is 0 Å². The number of fused-ring (bicyclic) bond motifs is 1. The van der Waals surface area contributed by atoms with Gasteiger partial charge in [-0.1, -0.05) is 0 Å². The van der Waals surface area contributed by atoms with Crippen molar-refractivity contribution in [2.75, 3.05) is 26.2 Å². The van der Waals surface area contributed by atoms with Gasteiger partial charge >= 0.3 is 0 Å². The van der Waals surface area contributed by atoms with Crippen LogP contribution < -0.4 is 5.32 Å². The zero-order valence-corrected chi connectivity index (χ0v) is 5.64. The molecule has 2 heterocycles. The van der Waals surface area contributed by atoms with E-state index in [-0.39, 0.29) is 0 Å². The second-order valence-electron chi connectivity index (χ2n) is 3.21. The molecule has 0 aromatic carbocycles. The summed E-state index contributed by atoms with van der Waals surface area (Å²) in [5, 5.41) is 3.39. The number of hydrogen-bond donors (Lipinski definition) is 1. The summed E-state index contributed by atoms with van der Waals surface area (Å²) in [5.41, 5.74) is 0. The molecule has 0 spiro atoms. The summed E-state index contributed by atoms with van der Waals surface area (Å²) in [6, 6.07) is 0. The van der Waals surface area contributed by atoms with Crippen LogP contribution in [-0.4, -0.2) is 31.1 Å². The summed E-state index contributed by atoms with van der Waals surface area (Å²) in [6.07, 6.45) is 0. The van der Waals surface area contributed by atoms with Crippen molar-refractivity contribution in [1.82, 2.24) is 10.2 Å². The summed E-state index contributed by atoms with van der Waals surface area (Å²) in [5.74, 6) is 1.81. The molecule has 52 valence electrons. The first kappa shape index (κ1) is 5.69. The predicted octanol–water partition coefficient (Wildman–Crippen LogP) is -0.0708. The lowest BCUT2D eigenvalue weighted by atomic mass is 10.0. The van der Waals surface area contributed by atoms with E-state index in [9.17, 15) is 0 Å². The molecule has 2 rings (SSSR count). The van der Waals surface area contributed by atoms with Crippen molar-refractivity contribution < 1.29 is 0 Å². The van der Waals surface area contributed by atoms with Crippen molar-refractivity contribution >= 4 is 0 Å². The molecule has 2 aliphatic heterocycles. The highest BCUT2D eigenvalue weighted by molar-refractivity contribution is 4.90. The number of hydrogen-bond acceptors (Lipinski definition) is 2. The van der Waals surface area contributed by atoms with Crippen LogP contribution in [0, 0.1) is 18.9 Å². The van der Waals surface area contributed by atoms with Crippen molar-refractivity contribution in [3.05, 3.63) is 7.05 Å². The molecule has 0 radical (unpaired) electrons. The average Bonchev–Trinajstić information content (AvgIpc) is 2.22. The molecule has 0 amide bonds. The minimum Gasteiger partial charge on any atom is -0.459 e. The van der Waals surface area contributed by atoms with Gasteiger partial charge in [0.1, 0.15) is 0 Å². The third-order valence-corrected chi connectivity index (χ3v) is 2.47. The lowest BCUT2D eigenvalue weighted by Crippen LogP contribution is -2.20. The number of rotatable bonds is 0. The molecule has 0 aromatic heterocycles. The van der Waals surface area contributed by atoms with E-state index in [1.807, 2.05) is 0 Å². The maximum Gasteiger partial charge on any atom is -0.000546 e. The summed E-state index contributed by atoms with van der Waals surface area (Å²) in [6.45, 7) is 4.85. The van der Waals surface area contributed by atoms with Gasteiger partial charge in [-0.05, 0) is 38.0 Å². The summed E-state index contributed by atoms with van der Waals surface area (Å²) in [4.78, 5) is 2.19. The second-order valence-corrected chi connectivity index (χ2v) is 3.21. The van der Waals surface area contributed by atoms with Crippen LogP contribution in [0.1, 0.15) is 0 Å². The molecule has 2 nitrogen and oxygen atoms in total. The summed E-state index contributed by atoms with van der Waals surface area (Å²) < 4.78 is 0. The molecular weight excluding hydrogens is 112 g/mol. The van der Waals surface area contributed by atoms with Gasteiger partial charge in [0.25, 0.3) is 0 Å². The molecular formula is C7H13N2-. The van der Waals surface area contributed by atoms with E-state index in [2.05, 4.69) is 17.3 Å². The van der Waals surface area contributed by atoms with E-state index in [4.69, 9.17) is 0 Å². The standard InChI is InChI=1S/C7H13N2/c1-9-4-6-2-8-3-7(6)5-9/h6-8H,1-5H2/q-1/t6-,7+. The van der Waals surface area contributed by atoms with E-state index >= 15 is 0 Å². The minimum atomic E-state index is 0.905. The molecule has 0 aliphatic carbocycles. The summed E-state index contributed by atoms with van der Waals surface area (Å²) >= 11 is 0. The Kier molecular flexibility index (Phi) is 1.24. The minimum absolute atomic E-state index is 0.905. The fraction of sp³-hybridized carbons (Fsp3) is 0.857. The maximum absolute atomic E-state index is 3.93. The van der Waals surface area contributed by atoms with Gasteiger partial charge in [0, 0.05) is 0 Å². The third kappa shape index (κ3) is 0.864. The van der Waals surface area contributed by atoms with E-state index in [1.54, 1.807) is 0 Å². The van der Waals surface area contributed by atoms with Crippen molar-refractivity contribution in [3.8, 4) is 0 Å². The first-order valence-corrected chi connectivity index (χ1v) is 3.62. The predicted molar refractivity (Wildman–Crippen MR) is 36.8 cm³/mol. The van der Waals surface area contributed by atoms with Crippen LogP contribution in [0.3, 0.4) is 0 Å². The van der Waals surface area contributed by atoms with Crippen molar-refractivity contribution in [3.63, 3.8) is 0 Å². The molecule has 1 N–H and O–H groups in total. The Morgan fingerprint density at radius 1 is 1.22 bits per heavy atom. The molecule has 0 saturated carbocycles. The van der Waals surface area contributed by atoms with E-state index in [0.29, 0.717) is 0 Å². The van der Waals surface area contributed by atoms with Gasteiger partial charge in [-0.3, -0.25) is 7.05 Å². The highest BCUT2D eigenvalue weighted by atomic mass is 15.2. The fourth-order valence-electron chi connectivity index (χ4n) is 1.95. The van der Waals surface area contributed by atoms with Gasteiger partial charge in [-0.2, -0.15) is 0 Å². The smallest absolute Gasteiger partial charge is 0.000546 e. The first-order valence-electron chi connectivity index (χ1n) is 3.62. The lowest BCUT2D eigenvalue weighted by molar-refractivity contribution is 0.419. The molecule has 0 aromatic rings. The molecule has 0 bridgehead atoms. The Bertz CT molecular complexity index is 101. The van der Waals surface area contributed by atoms with E-state index in [0.717, 1.165) is 11.8 Å². The van der Waals surface area contributed by atoms with Crippen LogP contribution in [0.4, 0.5) is 0 Å². The van der Waals surface area contributed by atoms with Gasteiger partial charge in [-0.15, -0.1) is 0 Å². The third-order valence-electron chi connectivity index (χ3n) is 2.47. The second kappa shape index (κ2) is 1.96. The Morgan fingerprint density at radius 2 is 1.78 bits per heavy atom. The fourth-order valence-corrected chi connectivity index (χ4v) is 1.95. The molecule has 2 heteroatoms. The van der Waals surface area contributed by atoms with Crippen LogP contribution in [-0.2, 0) is 0 Å². The monoisotopic (exact) mass is 125 g/mol. The van der Waals surface area contributed by atoms with Crippen LogP contribution in [0.5, 0.6) is 0 Å². The number of likely N-dealkylation sites (tertiary alicyclic amines) is 1. The first-order chi connectivity index (χ1) is 4.36. The molecule has 2 saturated heterocycles. The number of nitrogens with zero attached hydrogens (tertiary/aromatic N) is 1. The number of nitrogens with one attached hydrogen (secondary N) is 1. The van der Waals surface area contributed by atoms with Gasteiger partial charge in [-0.25, -0.2) is 0 Å². The molecule has 2 fully saturated rings. The molecule has 2 atom stereocenters. The topological polar surface area (TPSA) is 15.3 Å². The van der Waals surface area contributed by atoms with Crippen LogP contribution in [0.25, 0.3) is 0 Å². The Labute approximate surface area is 56.2 Å². The van der Waals surface area contributed by atoms with Crippen LogP contribution in [0.15, 0.2) is 0 Å². The highest BCUT2D eigenvalue weighted by Crippen LogP contribution is 2.24. The quantitative estimate of drug-likeness (QED) is 0.456. The Morgan fingerprint density at radius 3 is 2.33 bits per heavy atom. The van der Waals surface area contributed by atoms with Gasteiger partial charge in [0.2, 0.25) is 0 Å². The maximum atomic E-state index is 3.93. The van der Waals surface area contributed by atoms with Gasteiger partial charge < -0.3 is 10.2 Å². The van der Waals surface area contributed by atoms with E-state index in [1.165, 1.54) is 26.2 Å². The van der Waals surface area contributed by atoms with E-state index < -0.39 is 0 Å². The van der Waals surface area contributed by atoms with Crippen molar-refractivity contribution in [2.45, 2.75) is 0 Å². The molecule has 0 unspecified atom stereocenters. The Hall–Kier alpha value is -0.0800. The highest BCUT2D eigenvalue weighted by Gasteiger charge is 2.31.